The number of anilines is 1. The van der Waals surface area contributed by atoms with Crippen molar-refractivity contribution in [2.75, 3.05) is 4.90 Å². The monoisotopic (exact) mass is 543 g/mol. The van der Waals surface area contributed by atoms with Crippen molar-refractivity contribution in [3.8, 4) is 5.75 Å². The lowest BCUT2D eigenvalue weighted by atomic mass is 9.59. The van der Waals surface area contributed by atoms with Gasteiger partial charge in [-0.15, -0.1) is 0 Å². The molecule has 1 N–H and O–H groups in total. The lowest BCUT2D eigenvalue weighted by Crippen LogP contribution is -2.39. The highest BCUT2D eigenvalue weighted by molar-refractivity contribution is 9.10. The number of allylic oxidation sites excluding steroid dienone is 6. The molecule has 2 amide bonds. The van der Waals surface area contributed by atoms with Gasteiger partial charge in [-0.1, -0.05) is 39.7 Å². The Bertz CT molecular complexity index is 1460. The van der Waals surface area contributed by atoms with Gasteiger partial charge in [0.15, 0.2) is 11.6 Å². The minimum absolute atomic E-state index is 0.0564. The second-order valence-electron chi connectivity index (χ2n) is 9.81. The number of benzene rings is 2. The zero-order valence-electron chi connectivity index (χ0n) is 19.4. The summed E-state index contributed by atoms with van der Waals surface area (Å²) in [5, 5.41) is 10.2. The average molecular weight is 544 g/mol. The van der Waals surface area contributed by atoms with Gasteiger partial charge < -0.3 is 5.11 Å². The number of phenols is 1. The van der Waals surface area contributed by atoms with Crippen molar-refractivity contribution in [1.82, 2.24) is 0 Å². The molecule has 6 rings (SSSR count). The number of Topliss-reactive ketones (excluding diaryl/α,β-unsaturated/α-hetero) is 1. The van der Waals surface area contributed by atoms with Gasteiger partial charge in [-0.05, 0) is 73.7 Å². The second-order valence-corrected chi connectivity index (χ2v) is 10.7. The number of fused-ring (bicyclic) bond motifs is 3. The van der Waals surface area contributed by atoms with Gasteiger partial charge in [-0.25, -0.2) is 0 Å². The molecule has 0 radical (unpaired) electrons. The summed E-state index contributed by atoms with van der Waals surface area (Å²) < 4.78 is 0.844. The molecule has 0 bridgehead atoms. The lowest BCUT2D eigenvalue weighted by molar-refractivity contribution is -0.123. The molecule has 4 unspecified atom stereocenters. The third-order valence-electron chi connectivity index (χ3n) is 7.85. The molecule has 7 heteroatoms. The Kier molecular flexibility index (Phi) is 5.23. The van der Waals surface area contributed by atoms with Crippen molar-refractivity contribution in [1.29, 1.82) is 0 Å². The third kappa shape index (κ3) is 3.29. The maximum Gasteiger partial charge on any atom is 0.238 e. The Labute approximate surface area is 216 Å². The molecular formula is C29H22BrNO5. The van der Waals surface area contributed by atoms with Gasteiger partial charge in [0.1, 0.15) is 5.75 Å². The van der Waals surface area contributed by atoms with Gasteiger partial charge in [0.05, 0.1) is 17.5 Å². The summed E-state index contributed by atoms with van der Waals surface area (Å²) in [5.41, 5.74) is 3.28. The van der Waals surface area contributed by atoms with Crippen LogP contribution in [-0.4, -0.2) is 28.5 Å². The lowest BCUT2D eigenvalue weighted by Gasteiger charge is -2.42. The summed E-state index contributed by atoms with van der Waals surface area (Å²) in [6.45, 7) is 1.63. The van der Waals surface area contributed by atoms with E-state index >= 15 is 0 Å². The number of rotatable bonds is 2. The third-order valence-corrected chi connectivity index (χ3v) is 8.38. The molecule has 4 atom stereocenters. The zero-order chi connectivity index (χ0) is 25.3. The standard InChI is InChI=1S/C29H22BrNO5/c1-14-11-23(33)26-22(27(14)34)13-21-19(24(26)15-3-2-4-18(32)12-15)9-10-20-25(21)29(36)31(28(20)35)17-7-5-16(30)6-8-17/h2-9,11-12,20-21,24-25,32H,10,13H2,1H3. The Balaban J connectivity index is 1.48. The molecule has 2 aromatic carbocycles. The molecule has 1 aliphatic heterocycles. The number of halogens is 1. The maximum absolute atomic E-state index is 13.8. The Morgan fingerprint density at radius 3 is 2.44 bits per heavy atom. The average Bonchev–Trinajstić information content (AvgIpc) is 3.12. The van der Waals surface area contributed by atoms with Gasteiger partial charge >= 0.3 is 0 Å². The second kappa shape index (κ2) is 8.23. The molecule has 3 aliphatic carbocycles. The number of hydrogen-bond donors (Lipinski definition) is 1. The highest BCUT2D eigenvalue weighted by Gasteiger charge is 2.56. The minimum atomic E-state index is -0.621. The van der Waals surface area contributed by atoms with Crippen LogP contribution in [0.15, 0.2) is 87.4 Å². The molecule has 0 saturated carbocycles. The molecule has 0 spiro atoms. The number of ketones is 2. The first kappa shape index (κ1) is 22.9. The summed E-state index contributed by atoms with van der Waals surface area (Å²) >= 11 is 3.39. The summed E-state index contributed by atoms with van der Waals surface area (Å²) in [5.74, 6) is -2.97. The van der Waals surface area contributed by atoms with E-state index in [9.17, 15) is 24.3 Å². The Morgan fingerprint density at radius 1 is 0.972 bits per heavy atom. The maximum atomic E-state index is 13.8. The molecule has 1 fully saturated rings. The van der Waals surface area contributed by atoms with Crippen molar-refractivity contribution >= 4 is 45.0 Å². The topological polar surface area (TPSA) is 91.8 Å². The van der Waals surface area contributed by atoms with Gasteiger partial charge in [0.2, 0.25) is 11.8 Å². The molecule has 1 heterocycles. The van der Waals surface area contributed by atoms with Gasteiger partial charge in [-0.2, -0.15) is 0 Å². The molecule has 4 aliphatic rings. The number of imide groups is 1. The van der Waals surface area contributed by atoms with Crippen LogP contribution in [0.3, 0.4) is 0 Å². The summed E-state index contributed by atoms with van der Waals surface area (Å²) in [6.07, 6.45) is 3.97. The van der Waals surface area contributed by atoms with Crippen LogP contribution in [0, 0.1) is 17.8 Å². The van der Waals surface area contributed by atoms with E-state index in [-0.39, 0.29) is 35.6 Å². The minimum Gasteiger partial charge on any atom is -0.508 e. The van der Waals surface area contributed by atoms with Crippen LogP contribution in [0.25, 0.3) is 0 Å². The Morgan fingerprint density at radius 2 is 1.72 bits per heavy atom. The molecule has 180 valence electrons. The van der Waals surface area contributed by atoms with Crippen LogP contribution in [0.5, 0.6) is 5.75 Å². The van der Waals surface area contributed by atoms with Crippen molar-refractivity contribution < 1.29 is 24.3 Å². The molecule has 2 aromatic rings. The number of aromatic hydroxyl groups is 1. The van der Waals surface area contributed by atoms with Crippen LogP contribution < -0.4 is 4.90 Å². The quantitative estimate of drug-likeness (QED) is 0.334. The van der Waals surface area contributed by atoms with E-state index in [0.29, 0.717) is 34.4 Å². The van der Waals surface area contributed by atoms with Crippen molar-refractivity contribution in [3.05, 3.63) is 93.0 Å². The van der Waals surface area contributed by atoms with Crippen LogP contribution in [-0.2, 0) is 19.2 Å². The number of carbonyl (C=O) groups excluding carboxylic acids is 4. The van der Waals surface area contributed by atoms with E-state index in [0.717, 1.165) is 10.0 Å². The van der Waals surface area contributed by atoms with Gasteiger partial charge in [0, 0.05) is 27.1 Å². The van der Waals surface area contributed by atoms with E-state index in [4.69, 9.17) is 0 Å². The van der Waals surface area contributed by atoms with E-state index in [1.54, 1.807) is 49.4 Å². The smallest absolute Gasteiger partial charge is 0.238 e. The summed E-state index contributed by atoms with van der Waals surface area (Å²) in [4.78, 5) is 55.0. The van der Waals surface area contributed by atoms with Crippen molar-refractivity contribution in [2.45, 2.75) is 25.7 Å². The molecule has 36 heavy (non-hydrogen) atoms. The van der Waals surface area contributed by atoms with Crippen LogP contribution in [0.2, 0.25) is 0 Å². The number of amides is 2. The van der Waals surface area contributed by atoms with Gasteiger partial charge in [0.25, 0.3) is 0 Å². The number of phenolic OH excluding ortho intramolecular Hbond substituents is 1. The van der Waals surface area contributed by atoms with Crippen molar-refractivity contribution in [2.24, 2.45) is 17.8 Å². The Hall–Kier alpha value is -3.58. The van der Waals surface area contributed by atoms with Crippen LogP contribution in [0.1, 0.15) is 31.2 Å². The molecule has 1 saturated heterocycles. The first-order valence-corrected chi connectivity index (χ1v) is 12.7. The summed E-state index contributed by atoms with van der Waals surface area (Å²) in [7, 11) is 0. The highest BCUT2D eigenvalue weighted by atomic mass is 79.9. The van der Waals surface area contributed by atoms with E-state index in [2.05, 4.69) is 15.9 Å². The SMILES string of the molecule is CC1=CC(=O)C2=C(CC3C(=CCC4C(=O)N(c5ccc(Br)cc5)C(=O)C43)C2c2cccc(O)c2)C1=O. The molecule has 0 aromatic heterocycles. The fourth-order valence-electron chi connectivity index (χ4n) is 6.31. The van der Waals surface area contributed by atoms with Crippen molar-refractivity contribution in [3.63, 3.8) is 0 Å². The van der Waals surface area contributed by atoms with E-state index < -0.39 is 23.7 Å². The van der Waals surface area contributed by atoms with Gasteiger partial charge in [-0.3, -0.25) is 24.1 Å². The summed E-state index contributed by atoms with van der Waals surface area (Å²) in [6, 6.07) is 13.7. The van der Waals surface area contributed by atoms with Crippen LogP contribution >= 0.6 is 15.9 Å². The predicted octanol–water partition coefficient (Wildman–Crippen LogP) is 4.79. The van der Waals surface area contributed by atoms with Crippen LogP contribution in [0.4, 0.5) is 5.69 Å². The fourth-order valence-corrected chi connectivity index (χ4v) is 6.57. The first-order chi connectivity index (χ1) is 17.3. The highest BCUT2D eigenvalue weighted by Crippen LogP contribution is 2.55. The largest absolute Gasteiger partial charge is 0.508 e. The zero-order valence-corrected chi connectivity index (χ0v) is 21.0. The van der Waals surface area contributed by atoms with E-state index in [1.807, 2.05) is 12.1 Å². The molecular weight excluding hydrogens is 522 g/mol. The fraction of sp³-hybridized carbons (Fsp3) is 0.241. The number of nitrogens with zero attached hydrogens (tertiary/aromatic N) is 1. The normalized spacial score (nSPS) is 27.4. The number of hydrogen-bond acceptors (Lipinski definition) is 5. The number of carbonyl (C=O) groups is 4. The predicted molar refractivity (Wildman–Crippen MR) is 136 cm³/mol. The van der Waals surface area contributed by atoms with E-state index in [1.165, 1.54) is 11.0 Å². The first-order valence-electron chi connectivity index (χ1n) is 11.9. The molecule has 6 nitrogen and oxygen atoms in total.